The summed E-state index contributed by atoms with van der Waals surface area (Å²) in [6, 6.07) is 8.43. The average Bonchev–Trinajstić information content (AvgIpc) is 2.40. The van der Waals surface area contributed by atoms with E-state index in [2.05, 4.69) is 41.8 Å². The van der Waals surface area contributed by atoms with Gasteiger partial charge in [-0.1, -0.05) is 29.8 Å². The van der Waals surface area contributed by atoms with Gasteiger partial charge in [0.1, 0.15) is 0 Å². The molecule has 104 valence electrons. The van der Waals surface area contributed by atoms with Gasteiger partial charge in [0.2, 0.25) is 5.91 Å². The van der Waals surface area contributed by atoms with E-state index in [0.717, 1.165) is 13.1 Å². The molecule has 2 atom stereocenters. The second-order valence-electron chi connectivity index (χ2n) is 5.62. The summed E-state index contributed by atoms with van der Waals surface area (Å²) in [7, 11) is 0. The van der Waals surface area contributed by atoms with Crippen molar-refractivity contribution in [3.05, 3.63) is 35.4 Å². The fourth-order valence-corrected chi connectivity index (χ4v) is 2.60. The van der Waals surface area contributed by atoms with Gasteiger partial charge < -0.3 is 10.6 Å². The highest BCUT2D eigenvalue weighted by molar-refractivity contribution is 5.76. The summed E-state index contributed by atoms with van der Waals surface area (Å²) in [5.74, 6) is 0.667. The Hall–Kier alpha value is -1.35. The van der Waals surface area contributed by atoms with Crippen LogP contribution in [0, 0.1) is 12.8 Å². The Morgan fingerprint density at radius 2 is 2.16 bits per heavy atom. The van der Waals surface area contributed by atoms with E-state index in [0.29, 0.717) is 12.3 Å². The van der Waals surface area contributed by atoms with Gasteiger partial charge in [-0.2, -0.15) is 0 Å². The summed E-state index contributed by atoms with van der Waals surface area (Å²) < 4.78 is 0. The van der Waals surface area contributed by atoms with Crippen molar-refractivity contribution in [3.8, 4) is 0 Å². The second-order valence-corrected chi connectivity index (χ2v) is 5.62. The molecule has 1 amide bonds. The largest absolute Gasteiger partial charge is 0.350 e. The summed E-state index contributed by atoms with van der Waals surface area (Å²) in [4.78, 5) is 12.0. The molecule has 1 unspecified atom stereocenters. The predicted octanol–water partition coefficient (Wildman–Crippen LogP) is 2.56. The number of piperidine rings is 1. The van der Waals surface area contributed by atoms with Crippen LogP contribution in [0.5, 0.6) is 0 Å². The molecule has 1 aliphatic heterocycles. The number of benzene rings is 1. The lowest BCUT2D eigenvalue weighted by Gasteiger charge is -2.23. The molecule has 0 radical (unpaired) electrons. The molecule has 1 heterocycles. The summed E-state index contributed by atoms with van der Waals surface area (Å²) in [5.41, 5.74) is 2.41. The second kappa shape index (κ2) is 6.71. The normalized spacial score (nSPS) is 20.8. The number of nitrogens with one attached hydrogen (secondary N) is 2. The molecular weight excluding hydrogens is 236 g/mol. The first-order valence-corrected chi connectivity index (χ1v) is 7.22. The molecule has 0 bridgehead atoms. The Kier molecular flexibility index (Phi) is 4.97. The van der Waals surface area contributed by atoms with E-state index in [4.69, 9.17) is 0 Å². The average molecular weight is 260 g/mol. The van der Waals surface area contributed by atoms with Crippen molar-refractivity contribution in [2.75, 3.05) is 13.1 Å². The molecule has 3 nitrogen and oxygen atoms in total. The van der Waals surface area contributed by atoms with Gasteiger partial charge in [-0.3, -0.25) is 4.79 Å². The summed E-state index contributed by atoms with van der Waals surface area (Å²) in [5, 5.41) is 6.45. The van der Waals surface area contributed by atoms with Gasteiger partial charge >= 0.3 is 0 Å². The minimum absolute atomic E-state index is 0.0876. The number of carbonyl (C=O) groups is 1. The van der Waals surface area contributed by atoms with Crippen LogP contribution in [0.1, 0.15) is 43.4 Å². The van der Waals surface area contributed by atoms with E-state index in [9.17, 15) is 4.79 Å². The van der Waals surface area contributed by atoms with E-state index >= 15 is 0 Å². The zero-order valence-corrected chi connectivity index (χ0v) is 11.9. The zero-order chi connectivity index (χ0) is 13.7. The molecular formula is C16H24N2O. The first kappa shape index (κ1) is 14.1. The third-order valence-corrected chi connectivity index (χ3v) is 3.83. The van der Waals surface area contributed by atoms with Crippen molar-refractivity contribution in [1.82, 2.24) is 10.6 Å². The van der Waals surface area contributed by atoms with Gasteiger partial charge in [0.05, 0.1) is 6.04 Å². The summed E-state index contributed by atoms with van der Waals surface area (Å²) in [6.07, 6.45) is 2.99. The van der Waals surface area contributed by atoms with Gasteiger partial charge in [-0.15, -0.1) is 0 Å². The minimum Gasteiger partial charge on any atom is -0.350 e. The number of hydrogen-bond donors (Lipinski definition) is 2. The zero-order valence-electron chi connectivity index (χ0n) is 11.9. The fourth-order valence-electron chi connectivity index (χ4n) is 2.60. The standard InChI is InChI=1S/C16H24N2O/c1-12-5-7-15(8-6-12)13(2)18-16(19)10-14-4-3-9-17-11-14/h5-8,13-14,17H,3-4,9-11H2,1-2H3,(H,18,19)/t13-,14?/m1/s1. The molecule has 0 saturated carbocycles. The van der Waals surface area contributed by atoms with Crippen LogP contribution in [0.15, 0.2) is 24.3 Å². The highest BCUT2D eigenvalue weighted by Gasteiger charge is 2.18. The molecule has 0 aliphatic carbocycles. The van der Waals surface area contributed by atoms with Crippen LogP contribution < -0.4 is 10.6 Å². The Morgan fingerprint density at radius 1 is 1.42 bits per heavy atom. The van der Waals surface area contributed by atoms with Crippen LogP contribution in [0.4, 0.5) is 0 Å². The maximum absolute atomic E-state index is 12.0. The van der Waals surface area contributed by atoms with E-state index in [1.54, 1.807) is 0 Å². The van der Waals surface area contributed by atoms with Crippen LogP contribution in [-0.4, -0.2) is 19.0 Å². The van der Waals surface area contributed by atoms with Gasteiger partial charge in [0.15, 0.2) is 0 Å². The lowest BCUT2D eigenvalue weighted by Crippen LogP contribution is -2.35. The maximum atomic E-state index is 12.0. The van der Waals surface area contributed by atoms with Crippen molar-refractivity contribution in [1.29, 1.82) is 0 Å². The monoisotopic (exact) mass is 260 g/mol. The number of amides is 1. The van der Waals surface area contributed by atoms with E-state index < -0.39 is 0 Å². The number of rotatable bonds is 4. The number of carbonyl (C=O) groups excluding carboxylic acids is 1. The summed E-state index contributed by atoms with van der Waals surface area (Å²) >= 11 is 0. The molecule has 2 N–H and O–H groups in total. The van der Waals surface area contributed by atoms with Gasteiger partial charge in [-0.05, 0) is 51.3 Å². The van der Waals surface area contributed by atoms with Crippen molar-refractivity contribution < 1.29 is 4.79 Å². The summed E-state index contributed by atoms with van der Waals surface area (Å²) in [6.45, 7) is 6.19. The van der Waals surface area contributed by atoms with Gasteiger partial charge in [-0.25, -0.2) is 0 Å². The van der Waals surface area contributed by atoms with Crippen LogP contribution in [0.2, 0.25) is 0 Å². The van der Waals surface area contributed by atoms with Gasteiger partial charge in [0.25, 0.3) is 0 Å². The fraction of sp³-hybridized carbons (Fsp3) is 0.562. The molecule has 0 spiro atoms. The predicted molar refractivity (Wildman–Crippen MR) is 77.9 cm³/mol. The topological polar surface area (TPSA) is 41.1 Å². The quantitative estimate of drug-likeness (QED) is 0.873. The molecule has 1 fully saturated rings. The molecule has 2 rings (SSSR count). The molecule has 1 saturated heterocycles. The maximum Gasteiger partial charge on any atom is 0.220 e. The lowest BCUT2D eigenvalue weighted by molar-refractivity contribution is -0.122. The third-order valence-electron chi connectivity index (χ3n) is 3.83. The Morgan fingerprint density at radius 3 is 2.79 bits per heavy atom. The smallest absolute Gasteiger partial charge is 0.220 e. The van der Waals surface area contributed by atoms with E-state index in [-0.39, 0.29) is 11.9 Å². The van der Waals surface area contributed by atoms with E-state index in [1.807, 2.05) is 6.92 Å². The first-order chi connectivity index (χ1) is 9.15. The minimum atomic E-state index is 0.0876. The van der Waals surface area contributed by atoms with Crippen molar-refractivity contribution in [3.63, 3.8) is 0 Å². The van der Waals surface area contributed by atoms with E-state index in [1.165, 1.54) is 24.0 Å². The third kappa shape index (κ3) is 4.35. The highest BCUT2D eigenvalue weighted by atomic mass is 16.1. The Bertz CT molecular complexity index is 407. The Labute approximate surface area is 115 Å². The molecule has 1 aromatic carbocycles. The SMILES string of the molecule is Cc1ccc([C@@H](C)NC(=O)CC2CCCNC2)cc1. The van der Waals surface area contributed by atoms with Gasteiger partial charge in [0, 0.05) is 6.42 Å². The van der Waals surface area contributed by atoms with Crippen molar-refractivity contribution in [2.45, 2.75) is 39.2 Å². The highest BCUT2D eigenvalue weighted by Crippen LogP contribution is 2.16. The molecule has 0 aromatic heterocycles. The molecule has 3 heteroatoms. The van der Waals surface area contributed by atoms with Crippen LogP contribution >= 0.6 is 0 Å². The Balaban J connectivity index is 1.82. The van der Waals surface area contributed by atoms with Crippen LogP contribution in [-0.2, 0) is 4.79 Å². The van der Waals surface area contributed by atoms with Crippen LogP contribution in [0.25, 0.3) is 0 Å². The first-order valence-electron chi connectivity index (χ1n) is 7.22. The van der Waals surface area contributed by atoms with Crippen molar-refractivity contribution in [2.24, 2.45) is 5.92 Å². The molecule has 1 aliphatic rings. The van der Waals surface area contributed by atoms with Crippen LogP contribution in [0.3, 0.4) is 0 Å². The van der Waals surface area contributed by atoms with Crippen molar-refractivity contribution >= 4 is 5.91 Å². The lowest BCUT2D eigenvalue weighted by atomic mass is 9.95. The molecule has 19 heavy (non-hydrogen) atoms. The molecule has 1 aromatic rings. The number of aryl methyl sites for hydroxylation is 1. The number of hydrogen-bond acceptors (Lipinski definition) is 2.